The standard InChI is InChI=1S/C14H16N6O3/c21-14(9-19-11-15-10-16-19)18-7-5-17(6-8-18)12-3-1-2-4-13(12)20(22)23/h1-4,10-11H,5-9H2. The van der Waals surface area contributed by atoms with Gasteiger partial charge in [0, 0.05) is 32.2 Å². The highest BCUT2D eigenvalue weighted by molar-refractivity contribution is 5.76. The van der Waals surface area contributed by atoms with Crippen molar-refractivity contribution in [3.8, 4) is 0 Å². The third-order valence-corrected chi connectivity index (χ3v) is 3.82. The zero-order valence-corrected chi connectivity index (χ0v) is 12.4. The van der Waals surface area contributed by atoms with Crippen molar-refractivity contribution in [2.75, 3.05) is 31.1 Å². The van der Waals surface area contributed by atoms with Gasteiger partial charge in [-0.3, -0.25) is 14.9 Å². The lowest BCUT2D eigenvalue weighted by molar-refractivity contribution is -0.384. The van der Waals surface area contributed by atoms with E-state index < -0.39 is 0 Å². The number of nitrogens with zero attached hydrogens (tertiary/aromatic N) is 6. The van der Waals surface area contributed by atoms with Crippen LogP contribution in [0.5, 0.6) is 0 Å². The predicted molar refractivity (Wildman–Crippen MR) is 81.9 cm³/mol. The molecule has 0 saturated carbocycles. The molecule has 0 aliphatic carbocycles. The molecule has 0 bridgehead atoms. The van der Waals surface area contributed by atoms with E-state index in [1.54, 1.807) is 23.1 Å². The van der Waals surface area contributed by atoms with E-state index in [-0.39, 0.29) is 23.1 Å². The molecule has 23 heavy (non-hydrogen) atoms. The predicted octanol–water partition coefficient (Wildman–Crippen LogP) is 0.535. The average molecular weight is 316 g/mol. The summed E-state index contributed by atoms with van der Waals surface area (Å²) in [5, 5.41) is 15.0. The summed E-state index contributed by atoms with van der Waals surface area (Å²) in [5.41, 5.74) is 0.691. The van der Waals surface area contributed by atoms with Crippen LogP contribution in [-0.2, 0) is 11.3 Å². The zero-order chi connectivity index (χ0) is 16.2. The Balaban J connectivity index is 1.62. The van der Waals surface area contributed by atoms with Crippen molar-refractivity contribution < 1.29 is 9.72 Å². The molecule has 0 atom stereocenters. The van der Waals surface area contributed by atoms with Crippen molar-refractivity contribution in [2.45, 2.75) is 6.54 Å². The third kappa shape index (κ3) is 3.28. The SMILES string of the molecule is O=C(Cn1cncn1)N1CCN(c2ccccc2[N+](=O)[O-])CC1. The normalized spacial score (nSPS) is 14.8. The topological polar surface area (TPSA) is 97.4 Å². The van der Waals surface area contributed by atoms with Crippen LogP contribution >= 0.6 is 0 Å². The monoisotopic (exact) mass is 316 g/mol. The lowest BCUT2D eigenvalue weighted by Crippen LogP contribution is -2.49. The number of hydrogen-bond acceptors (Lipinski definition) is 6. The number of piperazine rings is 1. The number of hydrogen-bond donors (Lipinski definition) is 0. The van der Waals surface area contributed by atoms with E-state index in [0.29, 0.717) is 31.9 Å². The Morgan fingerprint density at radius 3 is 2.61 bits per heavy atom. The highest BCUT2D eigenvalue weighted by atomic mass is 16.6. The van der Waals surface area contributed by atoms with Gasteiger partial charge >= 0.3 is 0 Å². The molecule has 3 rings (SSSR count). The second kappa shape index (κ2) is 6.42. The first-order valence-corrected chi connectivity index (χ1v) is 7.23. The molecule has 0 unspecified atom stereocenters. The summed E-state index contributed by atoms with van der Waals surface area (Å²) < 4.78 is 1.48. The molecule has 120 valence electrons. The summed E-state index contributed by atoms with van der Waals surface area (Å²) in [6, 6.07) is 6.67. The molecule has 1 amide bonds. The van der Waals surface area contributed by atoms with Gasteiger partial charge in [-0.2, -0.15) is 5.10 Å². The van der Waals surface area contributed by atoms with Gasteiger partial charge in [-0.25, -0.2) is 9.67 Å². The largest absolute Gasteiger partial charge is 0.362 e. The van der Waals surface area contributed by atoms with Crippen LogP contribution in [0.3, 0.4) is 0 Å². The quantitative estimate of drug-likeness (QED) is 0.603. The van der Waals surface area contributed by atoms with E-state index in [1.165, 1.54) is 23.4 Å². The first-order valence-electron chi connectivity index (χ1n) is 7.23. The fourth-order valence-corrected chi connectivity index (χ4v) is 2.64. The number of carbonyl (C=O) groups is 1. The lowest BCUT2D eigenvalue weighted by atomic mass is 10.2. The van der Waals surface area contributed by atoms with E-state index in [2.05, 4.69) is 10.1 Å². The summed E-state index contributed by atoms with van der Waals surface area (Å²) in [7, 11) is 0. The van der Waals surface area contributed by atoms with E-state index in [0.717, 1.165) is 0 Å². The average Bonchev–Trinajstić information content (AvgIpc) is 3.08. The second-order valence-electron chi connectivity index (χ2n) is 5.21. The van der Waals surface area contributed by atoms with E-state index in [9.17, 15) is 14.9 Å². The minimum absolute atomic E-state index is 0.0299. The number of nitro groups is 1. The molecular formula is C14H16N6O3. The van der Waals surface area contributed by atoms with E-state index in [4.69, 9.17) is 0 Å². The number of aromatic nitrogens is 3. The Labute approximate surface area is 132 Å². The Kier molecular flexibility index (Phi) is 4.18. The molecule has 0 N–H and O–H groups in total. The first-order chi connectivity index (χ1) is 11.1. The highest BCUT2D eigenvalue weighted by Crippen LogP contribution is 2.28. The molecule has 1 aliphatic heterocycles. The Morgan fingerprint density at radius 1 is 1.22 bits per heavy atom. The number of anilines is 1. The molecular weight excluding hydrogens is 300 g/mol. The van der Waals surface area contributed by atoms with Crippen LogP contribution in [0.1, 0.15) is 0 Å². The molecule has 9 nitrogen and oxygen atoms in total. The second-order valence-corrected chi connectivity index (χ2v) is 5.21. The highest BCUT2D eigenvalue weighted by Gasteiger charge is 2.25. The first kappa shape index (κ1) is 14.9. The molecule has 1 fully saturated rings. The lowest BCUT2D eigenvalue weighted by Gasteiger charge is -2.35. The van der Waals surface area contributed by atoms with Crippen LogP contribution in [0.4, 0.5) is 11.4 Å². The fraction of sp³-hybridized carbons (Fsp3) is 0.357. The molecule has 1 aliphatic rings. The minimum Gasteiger partial charge on any atom is -0.362 e. The number of nitro benzene ring substituents is 1. The molecule has 9 heteroatoms. The maximum atomic E-state index is 12.2. The van der Waals surface area contributed by atoms with Crippen molar-refractivity contribution in [1.29, 1.82) is 0 Å². The van der Waals surface area contributed by atoms with Crippen molar-refractivity contribution >= 4 is 17.3 Å². The van der Waals surface area contributed by atoms with Crippen molar-refractivity contribution in [3.63, 3.8) is 0 Å². The van der Waals surface area contributed by atoms with Gasteiger partial charge in [-0.15, -0.1) is 0 Å². The summed E-state index contributed by atoms with van der Waals surface area (Å²) in [5.74, 6) is -0.0299. The maximum absolute atomic E-state index is 12.2. The summed E-state index contributed by atoms with van der Waals surface area (Å²) in [6.07, 6.45) is 2.89. The Morgan fingerprint density at radius 2 is 1.96 bits per heavy atom. The zero-order valence-electron chi connectivity index (χ0n) is 12.4. The minimum atomic E-state index is -0.377. The van der Waals surface area contributed by atoms with Crippen LogP contribution in [-0.4, -0.2) is 56.7 Å². The maximum Gasteiger partial charge on any atom is 0.292 e. The summed E-state index contributed by atoms with van der Waals surface area (Å²) >= 11 is 0. The van der Waals surface area contributed by atoms with Gasteiger partial charge in [0.15, 0.2) is 0 Å². The van der Waals surface area contributed by atoms with E-state index >= 15 is 0 Å². The van der Waals surface area contributed by atoms with Gasteiger partial charge in [-0.05, 0) is 6.07 Å². The van der Waals surface area contributed by atoms with Crippen LogP contribution in [0, 0.1) is 10.1 Å². The van der Waals surface area contributed by atoms with Gasteiger partial charge in [0.25, 0.3) is 5.69 Å². The van der Waals surface area contributed by atoms with Gasteiger partial charge in [-0.1, -0.05) is 12.1 Å². The van der Waals surface area contributed by atoms with Crippen LogP contribution < -0.4 is 4.90 Å². The van der Waals surface area contributed by atoms with Crippen LogP contribution in [0.2, 0.25) is 0 Å². The smallest absolute Gasteiger partial charge is 0.292 e. The van der Waals surface area contributed by atoms with Crippen molar-refractivity contribution in [3.05, 3.63) is 47.0 Å². The molecule has 2 aromatic rings. The molecule has 1 aromatic carbocycles. The molecule has 0 radical (unpaired) electrons. The van der Waals surface area contributed by atoms with Gasteiger partial charge in [0.05, 0.1) is 4.92 Å². The molecule has 2 heterocycles. The summed E-state index contributed by atoms with van der Waals surface area (Å²) in [4.78, 5) is 30.4. The Hall–Kier alpha value is -2.97. The van der Waals surface area contributed by atoms with Crippen molar-refractivity contribution in [2.24, 2.45) is 0 Å². The third-order valence-electron chi connectivity index (χ3n) is 3.82. The van der Waals surface area contributed by atoms with Crippen LogP contribution in [0.15, 0.2) is 36.9 Å². The van der Waals surface area contributed by atoms with Gasteiger partial charge < -0.3 is 9.80 Å². The van der Waals surface area contributed by atoms with Gasteiger partial charge in [0.1, 0.15) is 24.9 Å². The van der Waals surface area contributed by atoms with Gasteiger partial charge in [0.2, 0.25) is 5.91 Å². The number of amides is 1. The number of rotatable bonds is 4. The van der Waals surface area contributed by atoms with E-state index in [1.807, 2.05) is 4.90 Å². The number of benzene rings is 1. The number of carbonyl (C=O) groups excluding carboxylic acids is 1. The fourth-order valence-electron chi connectivity index (χ4n) is 2.64. The molecule has 1 saturated heterocycles. The molecule has 1 aromatic heterocycles. The van der Waals surface area contributed by atoms with Crippen molar-refractivity contribution in [1.82, 2.24) is 19.7 Å². The number of para-hydroxylation sites is 2. The Bertz CT molecular complexity index is 694. The summed E-state index contributed by atoms with van der Waals surface area (Å²) in [6.45, 7) is 2.34. The van der Waals surface area contributed by atoms with Crippen LogP contribution in [0.25, 0.3) is 0 Å². The molecule has 0 spiro atoms.